The first-order chi connectivity index (χ1) is 13.5. The van der Waals surface area contributed by atoms with Crippen molar-refractivity contribution in [3.63, 3.8) is 0 Å². The van der Waals surface area contributed by atoms with Gasteiger partial charge in [-0.15, -0.1) is 0 Å². The Morgan fingerprint density at radius 3 is 1.13 bits per heavy atom. The summed E-state index contributed by atoms with van der Waals surface area (Å²) < 4.78 is 14.1. The number of phosphoric ester groups is 1. The van der Waals surface area contributed by atoms with E-state index < -0.39 is 13.8 Å². The molecule has 0 aromatic rings. The third-order valence-corrected chi connectivity index (χ3v) is 5.63. The molecule has 0 unspecified atom stereocenters. The van der Waals surface area contributed by atoms with E-state index in [9.17, 15) is 19.1 Å². The third-order valence-electron chi connectivity index (χ3n) is 5.20. The molecule has 0 aromatic carbocycles. The van der Waals surface area contributed by atoms with Crippen LogP contribution in [0.15, 0.2) is 0 Å². The summed E-state index contributed by atoms with van der Waals surface area (Å²) >= 11 is 0. The third kappa shape index (κ3) is 35.1. The van der Waals surface area contributed by atoms with Gasteiger partial charge in [0.05, 0.1) is 0 Å². The van der Waals surface area contributed by atoms with Crippen LogP contribution in [0.25, 0.3) is 0 Å². The normalized spacial score (nSPS) is 10.5. The van der Waals surface area contributed by atoms with Gasteiger partial charge in [0, 0.05) is 6.42 Å². The van der Waals surface area contributed by atoms with Crippen molar-refractivity contribution < 1.29 is 34.6 Å². The smallest absolute Gasteiger partial charge is 0.780 e. The number of unbranched alkanes of at least 4 members (excludes halogenated alkanes) is 18. The van der Waals surface area contributed by atoms with Gasteiger partial charge in [-0.2, -0.15) is 0 Å². The molecule has 0 bridgehead atoms. The van der Waals surface area contributed by atoms with Crippen LogP contribution >= 0.6 is 7.82 Å². The van der Waals surface area contributed by atoms with Crippen LogP contribution in [0.5, 0.6) is 0 Å². The zero-order valence-corrected chi connectivity index (χ0v) is 22.1. The van der Waals surface area contributed by atoms with Crippen molar-refractivity contribution >= 4 is 36.8 Å². The maximum absolute atomic E-state index is 11.0. The molecular formula is C22H47MgO7P. The minimum Gasteiger partial charge on any atom is -0.780 e. The Morgan fingerprint density at radius 2 is 0.871 bits per heavy atom. The largest absolute Gasteiger partial charge is 2.00 e. The Balaban J connectivity index is -0.00000121. The first-order valence-electron chi connectivity index (χ1n) is 11.7. The van der Waals surface area contributed by atoms with Gasteiger partial charge >= 0.3 is 29.0 Å². The maximum atomic E-state index is 11.0. The topological polar surface area (TPSA) is 152 Å². The first kappa shape index (κ1) is 38.6. The van der Waals surface area contributed by atoms with E-state index in [2.05, 4.69) is 11.4 Å². The van der Waals surface area contributed by atoms with Crippen molar-refractivity contribution in [3.05, 3.63) is 0 Å². The molecule has 9 heteroatoms. The van der Waals surface area contributed by atoms with Gasteiger partial charge in [-0.05, 0) is 6.42 Å². The van der Waals surface area contributed by atoms with Crippen LogP contribution in [-0.2, 0) is 13.9 Å². The summed E-state index contributed by atoms with van der Waals surface area (Å²) in [6.45, 7) is 2.27. The molecule has 31 heavy (non-hydrogen) atoms. The van der Waals surface area contributed by atoms with Gasteiger partial charge in [-0.3, -0.25) is 4.79 Å². The molecule has 0 spiro atoms. The molecule has 0 heterocycles. The molecule has 0 saturated carbocycles. The Morgan fingerprint density at radius 1 is 0.613 bits per heavy atom. The van der Waals surface area contributed by atoms with Crippen molar-refractivity contribution in [1.29, 1.82) is 0 Å². The maximum Gasteiger partial charge on any atom is 2.00 e. The van der Waals surface area contributed by atoms with Gasteiger partial charge in [0.25, 0.3) is 0 Å². The Hall–Kier alpha value is 0.306. The second-order valence-electron chi connectivity index (χ2n) is 8.02. The summed E-state index contributed by atoms with van der Waals surface area (Å²) in [6.07, 6.45) is 24.2. The van der Waals surface area contributed by atoms with Crippen molar-refractivity contribution in [2.75, 3.05) is 0 Å². The minimum absolute atomic E-state index is 0. The average Bonchev–Trinajstić information content (AvgIpc) is 2.62. The van der Waals surface area contributed by atoms with Gasteiger partial charge in [0.1, 0.15) is 7.82 Å². The molecule has 0 aliphatic rings. The zero-order valence-electron chi connectivity index (χ0n) is 19.8. The first-order valence-corrected chi connectivity index (χ1v) is 13.2. The molecule has 0 aliphatic heterocycles. The van der Waals surface area contributed by atoms with Crippen LogP contribution in [0, 0.1) is 0 Å². The molecule has 4 N–H and O–H groups in total. The Kier molecular flexibility index (Phi) is 35.3. The fraction of sp³-hybridized carbons (Fsp3) is 0.955. The van der Waals surface area contributed by atoms with Gasteiger partial charge in [-0.25, -0.2) is 0 Å². The van der Waals surface area contributed by atoms with E-state index in [-0.39, 0.29) is 40.4 Å². The van der Waals surface area contributed by atoms with Gasteiger partial charge in [0.2, 0.25) is 0 Å². The van der Waals surface area contributed by atoms with Gasteiger partial charge in [0.15, 0.2) is 0 Å². The van der Waals surface area contributed by atoms with Crippen molar-refractivity contribution in [1.82, 2.24) is 0 Å². The van der Waals surface area contributed by atoms with Crippen molar-refractivity contribution in [2.45, 2.75) is 135 Å². The van der Waals surface area contributed by atoms with E-state index >= 15 is 0 Å². The molecule has 0 saturated heterocycles. The molecule has 0 fully saturated rings. The predicted molar refractivity (Wildman–Crippen MR) is 125 cm³/mol. The summed E-state index contributed by atoms with van der Waals surface area (Å²) in [4.78, 5) is 31.6. The van der Waals surface area contributed by atoms with Crippen LogP contribution in [0.2, 0.25) is 0 Å². The summed E-state index contributed by atoms with van der Waals surface area (Å²) in [5.74, 6) is -0.930. The molecule has 184 valence electrons. The molecule has 0 aromatic heterocycles. The number of phosphoric acid groups is 1. The van der Waals surface area contributed by atoms with Gasteiger partial charge < -0.3 is 29.8 Å². The van der Waals surface area contributed by atoms with Crippen LogP contribution in [0.4, 0.5) is 0 Å². The molecule has 0 amide bonds. The average molecular weight is 479 g/mol. The number of carbonyl (C=O) groups is 1. The SMILES string of the molecule is CCCCCCCCCCCCCCCCCCCCCC(=O)OP(=O)([O-])[O-].O.O.[Mg+2]. The number of hydrogen-bond acceptors (Lipinski definition) is 5. The zero-order chi connectivity index (χ0) is 20.9. The molecular weight excluding hydrogens is 432 g/mol. The molecule has 7 nitrogen and oxygen atoms in total. The van der Waals surface area contributed by atoms with E-state index in [1.807, 2.05) is 0 Å². The Labute approximate surface area is 206 Å². The number of hydrogen-bond donors (Lipinski definition) is 0. The van der Waals surface area contributed by atoms with E-state index in [0.29, 0.717) is 6.42 Å². The van der Waals surface area contributed by atoms with Crippen molar-refractivity contribution in [2.24, 2.45) is 0 Å². The van der Waals surface area contributed by atoms with E-state index in [1.54, 1.807) is 0 Å². The summed E-state index contributed by atoms with van der Waals surface area (Å²) in [7, 11) is -5.17. The monoisotopic (exact) mass is 478 g/mol. The molecule has 0 aliphatic carbocycles. The van der Waals surface area contributed by atoms with E-state index in [0.717, 1.165) is 19.3 Å². The summed E-state index contributed by atoms with van der Waals surface area (Å²) in [6, 6.07) is 0. The van der Waals surface area contributed by atoms with Crippen LogP contribution < -0.4 is 9.79 Å². The van der Waals surface area contributed by atoms with Gasteiger partial charge in [-0.1, -0.05) is 122 Å². The summed E-state index contributed by atoms with van der Waals surface area (Å²) in [5, 5.41) is 0. The molecule has 0 rings (SSSR count). The summed E-state index contributed by atoms with van der Waals surface area (Å²) in [5.41, 5.74) is 0. The Bertz CT molecular complexity index is 405. The van der Waals surface area contributed by atoms with E-state index in [1.165, 1.54) is 96.3 Å². The van der Waals surface area contributed by atoms with Crippen LogP contribution in [0.1, 0.15) is 135 Å². The second-order valence-corrected chi connectivity index (χ2v) is 9.10. The van der Waals surface area contributed by atoms with E-state index in [4.69, 9.17) is 0 Å². The minimum atomic E-state index is -5.17. The van der Waals surface area contributed by atoms with Crippen LogP contribution in [0.3, 0.4) is 0 Å². The molecule has 0 atom stereocenters. The second kappa shape index (κ2) is 28.3. The standard InChI is InChI=1S/C22H45O5P.Mg.2H2O/c1-2-3-4-5-6-7-8-9-10-11-12-13-14-15-16-17-18-19-20-21-22(23)27-28(24,25)26;;;/h2-21H2,1H3,(H2,24,25,26);;2*1H2/q;+2;;/p-2. The fourth-order valence-electron chi connectivity index (χ4n) is 3.52. The van der Waals surface area contributed by atoms with Crippen molar-refractivity contribution in [3.8, 4) is 0 Å². The molecule has 0 radical (unpaired) electrons. The number of carbonyl (C=O) groups excluding carboxylic acids is 1. The fourth-order valence-corrected chi connectivity index (χ4v) is 3.86. The predicted octanol–water partition coefficient (Wildman–Crippen LogP) is 4.15. The number of rotatable bonds is 21. The quantitative estimate of drug-likeness (QED) is 0.138. The van der Waals surface area contributed by atoms with Crippen LogP contribution in [-0.4, -0.2) is 40.0 Å².